The van der Waals surface area contributed by atoms with Gasteiger partial charge in [0.15, 0.2) is 0 Å². The summed E-state index contributed by atoms with van der Waals surface area (Å²) < 4.78 is 5.45. The van der Waals surface area contributed by atoms with E-state index in [4.69, 9.17) is 4.74 Å². The van der Waals surface area contributed by atoms with Crippen LogP contribution in [0, 0.1) is 0 Å². The minimum Gasteiger partial charge on any atom is -0.494 e. The SMILES string of the molecule is CCCCN1C(=O)C(SC(C)C)=C(c2ccc(OCC)cc2)C1=O. The Balaban J connectivity index is 2.38. The zero-order valence-corrected chi connectivity index (χ0v) is 15.6. The van der Waals surface area contributed by atoms with Crippen molar-refractivity contribution < 1.29 is 14.3 Å². The van der Waals surface area contributed by atoms with Crippen LogP contribution in [0.25, 0.3) is 5.57 Å². The van der Waals surface area contributed by atoms with Gasteiger partial charge >= 0.3 is 0 Å². The summed E-state index contributed by atoms with van der Waals surface area (Å²) in [6.45, 7) is 9.11. The standard InChI is InChI=1S/C19H25NO3S/c1-5-7-12-20-18(21)16(17(19(20)22)24-13(3)4)14-8-10-15(11-9-14)23-6-2/h8-11,13H,5-7,12H2,1-4H3. The molecule has 130 valence electrons. The maximum atomic E-state index is 12.8. The Morgan fingerprint density at radius 3 is 2.29 bits per heavy atom. The summed E-state index contributed by atoms with van der Waals surface area (Å²) in [6, 6.07) is 7.40. The largest absolute Gasteiger partial charge is 0.494 e. The predicted molar refractivity (Wildman–Crippen MR) is 98.9 cm³/mol. The van der Waals surface area contributed by atoms with Crippen molar-refractivity contribution in [1.29, 1.82) is 0 Å². The molecule has 1 aliphatic rings. The van der Waals surface area contributed by atoms with Crippen molar-refractivity contribution in [1.82, 2.24) is 4.90 Å². The summed E-state index contributed by atoms with van der Waals surface area (Å²) >= 11 is 1.46. The highest BCUT2D eigenvalue weighted by molar-refractivity contribution is 8.04. The molecule has 0 N–H and O–H groups in total. The molecule has 0 aromatic heterocycles. The van der Waals surface area contributed by atoms with Crippen molar-refractivity contribution in [3.63, 3.8) is 0 Å². The Morgan fingerprint density at radius 1 is 1.08 bits per heavy atom. The van der Waals surface area contributed by atoms with Crippen molar-refractivity contribution in [3.05, 3.63) is 34.7 Å². The van der Waals surface area contributed by atoms with Gasteiger partial charge in [0.25, 0.3) is 11.8 Å². The summed E-state index contributed by atoms with van der Waals surface area (Å²) in [5.74, 6) is 0.427. The maximum Gasteiger partial charge on any atom is 0.267 e. The lowest BCUT2D eigenvalue weighted by Gasteiger charge is -2.14. The Bertz CT molecular complexity index is 635. The number of thioether (sulfide) groups is 1. The van der Waals surface area contributed by atoms with Gasteiger partial charge < -0.3 is 4.74 Å². The van der Waals surface area contributed by atoms with E-state index in [1.165, 1.54) is 16.7 Å². The zero-order chi connectivity index (χ0) is 17.7. The van der Waals surface area contributed by atoms with Crippen molar-refractivity contribution in [3.8, 4) is 5.75 Å². The molecular formula is C19H25NO3S. The van der Waals surface area contributed by atoms with Gasteiger partial charge in [-0.1, -0.05) is 39.3 Å². The van der Waals surface area contributed by atoms with Crippen LogP contribution in [0.4, 0.5) is 0 Å². The van der Waals surface area contributed by atoms with Crippen LogP contribution in [0.2, 0.25) is 0 Å². The fourth-order valence-electron chi connectivity index (χ4n) is 2.56. The number of imide groups is 1. The van der Waals surface area contributed by atoms with E-state index < -0.39 is 0 Å². The Hall–Kier alpha value is -1.75. The van der Waals surface area contributed by atoms with Gasteiger partial charge in [0, 0.05) is 11.8 Å². The van der Waals surface area contributed by atoms with Gasteiger partial charge in [-0.2, -0.15) is 0 Å². The molecule has 2 amide bonds. The van der Waals surface area contributed by atoms with E-state index in [2.05, 4.69) is 6.92 Å². The first-order chi connectivity index (χ1) is 11.5. The molecule has 0 fully saturated rings. The maximum absolute atomic E-state index is 12.8. The number of hydrogen-bond donors (Lipinski definition) is 0. The van der Waals surface area contributed by atoms with Crippen LogP contribution >= 0.6 is 11.8 Å². The number of unbranched alkanes of at least 4 members (excludes halogenated alkanes) is 1. The number of carbonyl (C=O) groups excluding carboxylic acids is 2. The average Bonchev–Trinajstić information content (AvgIpc) is 2.77. The van der Waals surface area contributed by atoms with Crippen LogP contribution in [0.3, 0.4) is 0 Å². The summed E-state index contributed by atoms with van der Waals surface area (Å²) in [7, 11) is 0. The lowest BCUT2D eigenvalue weighted by molar-refractivity contribution is -0.136. The normalized spacial score (nSPS) is 15.0. The third-order valence-corrected chi connectivity index (χ3v) is 4.75. The average molecular weight is 347 g/mol. The molecule has 0 unspecified atom stereocenters. The minimum atomic E-state index is -0.180. The van der Waals surface area contributed by atoms with E-state index in [1.54, 1.807) is 0 Å². The molecule has 0 spiro atoms. The van der Waals surface area contributed by atoms with Gasteiger partial charge in [0.2, 0.25) is 0 Å². The number of carbonyl (C=O) groups is 2. The molecule has 1 heterocycles. The highest BCUT2D eigenvalue weighted by Gasteiger charge is 2.39. The highest BCUT2D eigenvalue weighted by atomic mass is 32.2. The molecule has 4 nitrogen and oxygen atoms in total. The van der Waals surface area contributed by atoms with Crippen LogP contribution < -0.4 is 4.74 Å². The molecule has 5 heteroatoms. The predicted octanol–water partition coefficient (Wildman–Crippen LogP) is 4.11. The molecular weight excluding hydrogens is 322 g/mol. The fraction of sp³-hybridized carbons (Fsp3) is 0.474. The molecule has 1 aromatic carbocycles. The van der Waals surface area contributed by atoms with Gasteiger partial charge in [-0.05, 0) is 31.0 Å². The van der Waals surface area contributed by atoms with E-state index in [-0.39, 0.29) is 17.1 Å². The van der Waals surface area contributed by atoms with Gasteiger partial charge in [0.05, 0.1) is 17.1 Å². The van der Waals surface area contributed by atoms with Crippen LogP contribution in [-0.2, 0) is 9.59 Å². The number of nitrogens with zero attached hydrogens (tertiary/aromatic N) is 1. The number of benzene rings is 1. The number of amides is 2. The molecule has 0 saturated heterocycles. The molecule has 1 aromatic rings. The zero-order valence-electron chi connectivity index (χ0n) is 14.8. The van der Waals surface area contributed by atoms with Crippen LogP contribution in [0.5, 0.6) is 5.75 Å². The number of ether oxygens (including phenoxy) is 1. The van der Waals surface area contributed by atoms with Crippen LogP contribution in [0.1, 0.15) is 46.1 Å². The van der Waals surface area contributed by atoms with Crippen LogP contribution in [0.15, 0.2) is 29.2 Å². The van der Waals surface area contributed by atoms with Crippen molar-refractivity contribution in [2.75, 3.05) is 13.2 Å². The van der Waals surface area contributed by atoms with Crippen molar-refractivity contribution in [2.24, 2.45) is 0 Å². The third-order valence-electron chi connectivity index (χ3n) is 3.67. The lowest BCUT2D eigenvalue weighted by atomic mass is 10.1. The summed E-state index contributed by atoms with van der Waals surface area (Å²) in [6.07, 6.45) is 1.77. The Labute approximate surface area is 148 Å². The van der Waals surface area contributed by atoms with Crippen molar-refractivity contribution >= 4 is 29.1 Å². The van der Waals surface area contributed by atoms with Gasteiger partial charge in [-0.15, -0.1) is 11.8 Å². The molecule has 0 bridgehead atoms. The molecule has 24 heavy (non-hydrogen) atoms. The molecule has 1 aliphatic heterocycles. The van der Waals surface area contributed by atoms with E-state index in [0.717, 1.165) is 24.2 Å². The molecule has 2 rings (SSSR count). The van der Waals surface area contributed by atoms with E-state index in [9.17, 15) is 9.59 Å². The molecule has 0 atom stereocenters. The van der Waals surface area contributed by atoms with E-state index in [0.29, 0.717) is 23.6 Å². The molecule has 0 aliphatic carbocycles. The summed E-state index contributed by atoms with van der Waals surface area (Å²) in [5, 5.41) is 0.237. The van der Waals surface area contributed by atoms with E-state index in [1.807, 2.05) is 45.0 Å². The van der Waals surface area contributed by atoms with Gasteiger partial charge in [0.1, 0.15) is 5.75 Å². The molecule has 0 saturated carbocycles. The second-order valence-corrected chi connectivity index (χ2v) is 7.53. The first-order valence-electron chi connectivity index (χ1n) is 8.49. The summed E-state index contributed by atoms with van der Waals surface area (Å²) in [4.78, 5) is 27.5. The second-order valence-electron chi connectivity index (χ2n) is 5.94. The lowest BCUT2D eigenvalue weighted by Crippen LogP contribution is -2.32. The third kappa shape index (κ3) is 4.01. The fourth-order valence-corrected chi connectivity index (χ4v) is 3.56. The van der Waals surface area contributed by atoms with Crippen molar-refractivity contribution in [2.45, 2.75) is 45.8 Å². The molecule has 0 radical (unpaired) electrons. The van der Waals surface area contributed by atoms with Gasteiger partial charge in [-0.3, -0.25) is 14.5 Å². The highest BCUT2D eigenvalue weighted by Crippen LogP contribution is 2.38. The minimum absolute atomic E-state index is 0.156. The monoisotopic (exact) mass is 347 g/mol. The first kappa shape index (κ1) is 18.6. The topological polar surface area (TPSA) is 46.6 Å². The Morgan fingerprint density at radius 2 is 1.75 bits per heavy atom. The van der Waals surface area contributed by atoms with Gasteiger partial charge in [-0.25, -0.2) is 0 Å². The Kier molecular flexibility index (Phi) is 6.49. The quantitative estimate of drug-likeness (QED) is 0.664. The second kappa shape index (κ2) is 8.38. The number of rotatable bonds is 8. The summed E-state index contributed by atoms with van der Waals surface area (Å²) in [5.41, 5.74) is 1.30. The number of hydrogen-bond acceptors (Lipinski definition) is 4. The smallest absolute Gasteiger partial charge is 0.267 e. The first-order valence-corrected chi connectivity index (χ1v) is 9.37. The van der Waals surface area contributed by atoms with E-state index >= 15 is 0 Å². The van der Waals surface area contributed by atoms with Crippen LogP contribution in [-0.4, -0.2) is 35.1 Å².